The first kappa shape index (κ1) is 40.4. The highest BCUT2D eigenvalue weighted by Gasteiger charge is 2.51. The third-order valence-electron chi connectivity index (χ3n) is 15.8. The highest BCUT2D eigenvalue weighted by atomic mass is 16.3. The van der Waals surface area contributed by atoms with Crippen molar-refractivity contribution in [1.29, 1.82) is 0 Å². The molecule has 0 fully saturated rings. The van der Waals surface area contributed by atoms with Crippen LogP contribution in [-0.2, 0) is 32.5 Å². The molecular formula is C57H67BN2O. The summed E-state index contributed by atoms with van der Waals surface area (Å²) < 4.78 is 7.31. The Morgan fingerprint density at radius 1 is 0.541 bits per heavy atom. The summed E-state index contributed by atoms with van der Waals surface area (Å²) in [6, 6.07) is 33.5. The molecule has 4 aliphatic rings. The maximum absolute atomic E-state index is 7.31. The zero-order chi connectivity index (χ0) is 43.6. The normalized spacial score (nSPS) is 19.2. The van der Waals surface area contributed by atoms with Gasteiger partial charge in [-0.3, -0.25) is 0 Å². The summed E-state index contributed by atoms with van der Waals surface area (Å²) >= 11 is 0. The lowest BCUT2D eigenvalue weighted by atomic mass is 9.35. The number of nitrogens with zero attached hydrogens (tertiary/aromatic N) is 2. The summed E-state index contributed by atoms with van der Waals surface area (Å²) in [7, 11) is 0. The van der Waals surface area contributed by atoms with E-state index in [0.717, 1.165) is 23.0 Å². The summed E-state index contributed by atoms with van der Waals surface area (Å²) in [6.45, 7) is 36.1. The van der Waals surface area contributed by atoms with Crippen LogP contribution in [0, 0.1) is 6.92 Å². The van der Waals surface area contributed by atoms with Crippen molar-refractivity contribution in [2.75, 3.05) is 9.80 Å². The molecule has 6 aromatic rings. The number of hydrogen-bond acceptors (Lipinski definition) is 3. The van der Waals surface area contributed by atoms with Crippen LogP contribution in [0.25, 0.3) is 11.0 Å². The van der Waals surface area contributed by atoms with Gasteiger partial charge in [0.15, 0.2) is 0 Å². The van der Waals surface area contributed by atoms with Gasteiger partial charge in [-0.05, 0) is 157 Å². The summed E-state index contributed by atoms with van der Waals surface area (Å²) in [6.07, 6.45) is 4.69. The van der Waals surface area contributed by atoms with Gasteiger partial charge in [0.25, 0.3) is 6.71 Å². The number of fused-ring (bicyclic) bond motifs is 9. The largest absolute Gasteiger partial charge is 0.468 e. The molecule has 0 atom stereocenters. The molecule has 0 amide bonds. The summed E-state index contributed by atoms with van der Waals surface area (Å²) in [4.78, 5) is 5.32. The van der Waals surface area contributed by atoms with Crippen LogP contribution in [0.5, 0.6) is 0 Å². The van der Waals surface area contributed by atoms with Crippen molar-refractivity contribution in [3.8, 4) is 0 Å². The standard InChI is InChI=1S/C57H67BN2O/c1-34-30-35(52(2,3)4)20-25-43(34)60-45-32-36(53(5,6)7)31-44-48(45)58(51-49(60)38-18-16-17-19-46(38)61-51)42-24-23-40-47(57(14,15)29-28-55(40,10)11)50(42)59(44)37-21-22-39-41(33-37)56(12,13)27-26-54(39,8)9/h16-25,30-33H,26-29H2,1-15H3. The zero-order valence-corrected chi connectivity index (χ0v) is 39.8. The fourth-order valence-electron chi connectivity index (χ4n) is 11.7. The Morgan fingerprint density at radius 3 is 1.79 bits per heavy atom. The number of anilines is 6. The molecule has 3 heterocycles. The Balaban J connectivity index is 1.38. The van der Waals surface area contributed by atoms with E-state index in [1.54, 1.807) is 0 Å². The smallest absolute Gasteiger partial charge is 0.297 e. The fourth-order valence-corrected chi connectivity index (χ4v) is 11.7. The van der Waals surface area contributed by atoms with Gasteiger partial charge in [0.2, 0.25) is 0 Å². The first-order valence-corrected chi connectivity index (χ1v) is 23.1. The average molecular weight is 807 g/mol. The first-order valence-electron chi connectivity index (χ1n) is 23.1. The lowest BCUT2D eigenvalue weighted by molar-refractivity contribution is 0.331. The van der Waals surface area contributed by atoms with Crippen molar-refractivity contribution < 1.29 is 4.42 Å². The van der Waals surface area contributed by atoms with Crippen LogP contribution in [0.15, 0.2) is 89.3 Å². The van der Waals surface area contributed by atoms with Crippen molar-refractivity contribution in [2.45, 2.75) is 162 Å². The second kappa shape index (κ2) is 12.7. The van der Waals surface area contributed by atoms with E-state index in [-0.39, 0.29) is 39.2 Å². The van der Waals surface area contributed by atoms with Crippen LogP contribution in [0.4, 0.5) is 34.1 Å². The second-order valence-corrected chi connectivity index (χ2v) is 24.0. The maximum Gasteiger partial charge on any atom is 0.297 e. The predicted molar refractivity (Wildman–Crippen MR) is 263 cm³/mol. The van der Waals surface area contributed by atoms with Crippen LogP contribution in [0.3, 0.4) is 0 Å². The van der Waals surface area contributed by atoms with E-state index in [9.17, 15) is 0 Å². The average Bonchev–Trinajstić information content (AvgIpc) is 3.56. The van der Waals surface area contributed by atoms with Gasteiger partial charge >= 0.3 is 0 Å². The number of furan rings is 1. The van der Waals surface area contributed by atoms with Crippen LogP contribution in [0.1, 0.15) is 162 Å². The minimum Gasteiger partial charge on any atom is -0.468 e. The molecule has 61 heavy (non-hydrogen) atoms. The number of hydrogen-bond donors (Lipinski definition) is 0. The molecule has 0 N–H and O–H groups in total. The molecule has 0 bridgehead atoms. The molecule has 0 spiro atoms. The molecule has 0 saturated carbocycles. The number of para-hydroxylation sites is 1. The van der Waals surface area contributed by atoms with Gasteiger partial charge in [0.05, 0.1) is 11.3 Å². The second-order valence-electron chi connectivity index (χ2n) is 24.0. The lowest BCUT2D eigenvalue weighted by Gasteiger charge is -2.49. The van der Waals surface area contributed by atoms with Gasteiger partial charge in [0, 0.05) is 33.8 Å². The van der Waals surface area contributed by atoms with Crippen LogP contribution >= 0.6 is 0 Å². The van der Waals surface area contributed by atoms with Gasteiger partial charge in [0.1, 0.15) is 5.58 Å². The monoisotopic (exact) mass is 807 g/mol. The van der Waals surface area contributed by atoms with Gasteiger partial charge in [-0.2, -0.15) is 0 Å². The number of aryl methyl sites for hydroxylation is 1. The Morgan fingerprint density at radius 2 is 1.13 bits per heavy atom. The lowest BCUT2D eigenvalue weighted by Crippen LogP contribution is -2.62. The molecule has 5 aromatic carbocycles. The predicted octanol–water partition coefficient (Wildman–Crippen LogP) is 14.1. The highest BCUT2D eigenvalue weighted by Crippen LogP contribution is 2.56. The summed E-state index contributed by atoms with van der Waals surface area (Å²) in [5, 5.41) is 1.16. The Kier molecular flexibility index (Phi) is 8.41. The van der Waals surface area contributed by atoms with E-state index < -0.39 is 0 Å². The molecule has 0 radical (unpaired) electrons. The minimum atomic E-state index is -0.109. The third-order valence-corrected chi connectivity index (χ3v) is 15.8. The molecule has 4 heteroatoms. The Hall–Kier alpha value is -4.70. The molecule has 2 aliphatic carbocycles. The quantitative estimate of drug-likeness (QED) is 0.162. The Labute approximate surface area is 367 Å². The Bertz CT molecular complexity index is 2820. The first-order chi connectivity index (χ1) is 28.4. The highest BCUT2D eigenvalue weighted by molar-refractivity contribution is 7.00. The van der Waals surface area contributed by atoms with Crippen molar-refractivity contribution in [2.24, 2.45) is 0 Å². The van der Waals surface area contributed by atoms with E-state index in [1.807, 2.05) is 0 Å². The molecule has 0 saturated heterocycles. The molecule has 314 valence electrons. The van der Waals surface area contributed by atoms with Gasteiger partial charge in [-0.1, -0.05) is 139 Å². The van der Waals surface area contributed by atoms with Crippen molar-refractivity contribution >= 4 is 68.4 Å². The number of rotatable bonds is 2. The molecule has 10 rings (SSSR count). The van der Waals surface area contributed by atoms with E-state index in [2.05, 4.69) is 199 Å². The van der Waals surface area contributed by atoms with E-state index in [0.29, 0.717) is 0 Å². The van der Waals surface area contributed by atoms with E-state index in [1.165, 1.54) is 103 Å². The van der Waals surface area contributed by atoms with Crippen LogP contribution in [-0.4, -0.2) is 6.71 Å². The summed E-state index contributed by atoms with van der Waals surface area (Å²) in [5.74, 6) is 0. The molecular weight excluding hydrogens is 739 g/mol. The number of benzene rings is 5. The van der Waals surface area contributed by atoms with Crippen molar-refractivity contribution in [1.82, 2.24) is 0 Å². The van der Waals surface area contributed by atoms with E-state index >= 15 is 0 Å². The van der Waals surface area contributed by atoms with E-state index in [4.69, 9.17) is 4.42 Å². The minimum absolute atomic E-state index is 0.0325. The third kappa shape index (κ3) is 5.89. The summed E-state index contributed by atoms with van der Waals surface area (Å²) in [5.41, 5.74) is 22.3. The van der Waals surface area contributed by atoms with Crippen LogP contribution in [0.2, 0.25) is 0 Å². The van der Waals surface area contributed by atoms with Crippen molar-refractivity contribution in [3.63, 3.8) is 0 Å². The zero-order valence-electron chi connectivity index (χ0n) is 39.8. The van der Waals surface area contributed by atoms with Gasteiger partial charge < -0.3 is 14.2 Å². The van der Waals surface area contributed by atoms with Gasteiger partial charge in [-0.25, -0.2) is 0 Å². The van der Waals surface area contributed by atoms with Gasteiger partial charge in [-0.15, -0.1) is 0 Å². The topological polar surface area (TPSA) is 19.6 Å². The molecule has 3 nitrogen and oxygen atoms in total. The molecule has 2 aliphatic heterocycles. The maximum atomic E-state index is 7.31. The molecule has 0 unspecified atom stereocenters. The van der Waals surface area contributed by atoms with Crippen LogP contribution < -0.4 is 26.4 Å². The fraction of sp³-hybridized carbons (Fsp3) is 0.439. The molecule has 1 aromatic heterocycles. The SMILES string of the molecule is Cc1cc(C(C)(C)C)ccc1N1c2cc(C(C)(C)C)cc3c2B(c2ccc4c(c2N3c2ccc3c(c2)C(C)(C)CCC3(C)C)C(C)(C)CCC4(C)C)c2oc3ccccc3c21. The van der Waals surface area contributed by atoms with Crippen molar-refractivity contribution in [3.05, 3.63) is 124 Å².